The summed E-state index contributed by atoms with van der Waals surface area (Å²) in [5.74, 6) is 0.919. The van der Waals surface area contributed by atoms with Crippen molar-refractivity contribution in [1.29, 1.82) is 0 Å². The molecule has 4 nitrogen and oxygen atoms in total. The minimum atomic E-state index is -0.576. The van der Waals surface area contributed by atoms with Crippen LogP contribution >= 0.6 is 0 Å². The van der Waals surface area contributed by atoms with Gasteiger partial charge in [-0.1, -0.05) is 31.0 Å². The molecule has 0 amide bonds. The van der Waals surface area contributed by atoms with Gasteiger partial charge in [-0.05, 0) is 18.9 Å². The highest BCUT2D eigenvalue weighted by atomic mass is 16.5. The Labute approximate surface area is 119 Å². The minimum Gasteiger partial charge on any atom is -0.493 e. The summed E-state index contributed by atoms with van der Waals surface area (Å²) in [4.78, 5) is 0. The molecule has 0 aromatic heterocycles. The SMILES string of the molecule is OC[C@@H]1COc2ccccc2[C@@H]1NCC1(O)CCCC1. The zero-order valence-corrected chi connectivity index (χ0v) is 11.7. The Kier molecular flexibility index (Phi) is 3.96. The Hall–Kier alpha value is -1.10. The van der Waals surface area contributed by atoms with Gasteiger partial charge >= 0.3 is 0 Å². The molecule has 0 bridgehead atoms. The Bertz CT molecular complexity index is 457. The van der Waals surface area contributed by atoms with Crippen molar-refractivity contribution in [2.24, 2.45) is 5.92 Å². The minimum absolute atomic E-state index is 0.0369. The first-order chi connectivity index (χ1) is 9.72. The van der Waals surface area contributed by atoms with Gasteiger partial charge in [0.05, 0.1) is 18.8 Å². The van der Waals surface area contributed by atoms with E-state index in [1.165, 1.54) is 0 Å². The van der Waals surface area contributed by atoms with E-state index in [9.17, 15) is 10.2 Å². The average Bonchev–Trinajstić information content (AvgIpc) is 2.91. The fraction of sp³-hybridized carbons (Fsp3) is 0.625. The third-order valence-corrected chi connectivity index (χ3v) is 4.60. The molecular formula is C16H23NO3. The van der Waals surface area contributed by atoms with Gasteiger partial charge in [0, 0.05) is 24.1 Å². The zero-order chi connectivity index (χ0) is 14.0. The number of rotatable bonds is 4. The molecule has 3 rings (SSSR count). The largest absolute Gasteiger partial charge is 0.493 e. The van der Waals surface area contributed by atoms with Gasteiger partial charge in [-0.3, -0.25) is 0 Å². The molecule has 0 radical (unpaired) electrons. The summed E-state index contributed by atoms with van der Waals surface area (Å²) in [6.45, 7) is 1.19. The van der Waals surface area contributed by atoms with Crippen molar-refractivity contribution in [2.75, 3.05) is 19.8 Å². The predicted octanol–water partition coefficient (Wildman–Crippen LogP) is 1.62. The van der Waals surface area contributed by atoms with Crippen LogP contribution in [-0.4, -0.2) is 35.6 Å². The average molecular weight is 277 g/mol. The molecule has 2 aliphatic rings. The first kappa shape index (κ1) is 13.9. The second-order valence-corrected chi connectivity index (χ2v) is 6.08. The van der Waals surface area contributed by atoms with Gasteiger partial charge in [0.1, 0.15) is 5.75 Å². The summed E-state index contributed by atoms with van der Waals surface area (Å²) in [5.41, 5.74) is 0.507. The summed E-state index contributed by atoms with van der Waals surface area (Å²) in [7, 11) is 0. The number of hydrogen-bond acceptors (Lipinski definition) is 4. The summed E-state index contributed by atoms with van der Waals surface area (Å²) in [6.07, 6.45) is 3.95. The summed E-state index contributed by atoms with van der Waals surface area (Å²) in [6, 6.07) is 7.99. The van der Waals surface area contributed by atoms with Crippen LogP contribution in [0.3, 0.4) is 0 Å². The van der Waals surface area contributed by atoms with E-state index in [-0.39, 0.29) is 18.6 Å². The van der Waals surface area contributed by atoms with Gasteiger partial charge in [0.15, 0.2) is 0 Å². The summed E-state index contributed by atoms with van der Waals surface area (Å²) in [5, 5.41) is 23.5. The molecule has 1 aromatic rings. The van der Waals surface area contributed by atoms with E-state index in [0.29, 0.717) is 13.2 Å². The topological polar surface area (TPSA) is 61.7 Å². The first-order valence-corrected chi connectivity index (χ1v) is 7.50. The van der Waals surface area contributed by atoms with E-state index in [2.05, 4.69) is 5.32 Å². The van der Waals surface area contributed by atoms with Gasteiger partial charge in [-0.15, -0.1) is 0 Å². The normalized spacial score (nSPS) is 27.9. The second kappa shape index (κ2) is 5.72. The number of aliphatic hydroxyl groups is 2. The van der Waals surface area contributed by atoms with Crippen molar-refractivity contribution in [3.05, 3.63) is 29.8 Å². The van der Waals surface area contributed by atoms with Gasteiger partial charge < -0.3 is 20.3 Å². The molecule has 1 aliphatic heterocycles. The maximum absolute atomic E-state index is 10.5. The van der Waals surface area contributed by atoms with Crippen LogP contribution in [0.25, 0.3) is 0 Å². The molecule has 3 N–H and O–H groups in total. The molecule has 2 atom stereocenters. The van der Waals surface area contributed by atoms with Crippen molar-refractivity contribution in [1.82, 2.24) is 5.32 Å². The first-order valence-electron chi connectivity index (χ1n) is 7.50. The lowest BCUT2D eigenvalue weighted by Crippen LogP contribution is -2.44. The van der Waals surface area contributed by atoms with Crippen LogP contribution in [0.2, 0.25) is 0 Å². The van der Waals surface area contributed by atoms with Crippen LogP contribution in [0.15, 0.2) is 24.3 Å². The van der Waals surface area contributed by atoms with Crippen LogP contribution in [0.5, 0.6) is 5.75 Å². The Balaban J connectivity index is 1.75. The Morgan fingerprint density at radius 3 is 2.75 bits per heavy atom. The molecule has 1 fully saturated rings. The molecule has 110 valence electrons. The zero-order valence-electron chi connectivity index (χ0n) is 11.7. The third-order valence-electron chi connectivity index (χ3n) is 4.60. The number of aliphatic hydroxyl groups excluding tert-OH is 1. The van der Waals surface area contributed by atoms with Crippen molar-refractivity contribution in [3.63, 3.8) is 0 Å². The number of ether oxygens (including phenoxy) is 1. The van der Waals surface area contributed by atoms with E-state index in [4.69, 9.17) is 4.74 Å². The van der Waals surface area contributed by atoms with Crippen molar-refractivity contribution < 1.29 is 14.9 Å². The van der Waals surface area contributed by atoms with E-state index < -0.39 is 5.60 Å². The highest BCUT2D eigenvalue weighted by molar-refractivity contribution is 5.38. The van der Waals surface area contributed by atoms with Gasteiger partial charge in [0.25, 0.3) is 0 Å². The summed E-state index contributed by atoms with van der Waals surface area (Å²) < 4.78 is 5.69. The maximum atomic E-state index is 10.5. The van der Waals surface area contributed by atoms with Gasteiger partial charge in [-0.2, -0.15) is 0 Å². The number of hydrogen-bond donors (Lipinski definition) is 3. The number of benzene rings is 1. The number of nitrogens with one attached hydrogen (secondary N) is 1. The van der Waals surface area contributed by atoms with E-state index in [0.717, 1.165) is 37.0 Å². The van der Waals surface area contributed by atoms with Crippen molar-refractivity contribution in [3.8, 4) is 5.75 Å². The molecular weight excluding hydrogens is 254 g/mol. The number of fused-ring (bicyclic) bond motifs is 1. The fourth-order valence-corrected chi connectivity index (χ4v) is 3.36. The molecule has 1 saturated carbocycles. The standard InChI is InChI=1S/C16H23NO3/c18-9-12-10-20-14-6-2-1-5-13(14)15(12)17-11-16(19)7-3-4-8-16/h1-2,5-6,12,15,17-19H,3-4,7-11H2/t12-,15-/m1/s1. The second-order valence-electron chi connectivity index (χ2n) is 6.08. The molecule has 0 unspecified atom stereocenters. The third kappa shape index (κ3) is 2.68. The molecule has 0 saturated heterocycles. The summed E-state index contributed by atoms with van der Waals surface area (Å²) >= 11 is 0. The van der Waals surface area contributed by atoms with Gasteiger partial charge in [-0.25, -0.2) is 0 Å². The van der Waals surface area contributed by atoms with Crippen LogP contribution in [0.4, 0.5) is 0 Å². The molecule has 1 heterocycles. The quantitative estimate of drug-likeness (QED) is 0.782. The lowest BCUT2D eigenvalue weighted by molar-refractivity contribution is 0.0344. The van der Waals surface area contributed by atoms with E-state index in [1.807, 2.05) is 24.3 Å². The molecule has 0 spiro atoms. The van der Waals surface area contributed by atoms with Crippen LogP contribution < -0.4 is 10.1 Å². The van der Waals surface area contributed by atoms with Crippen LogP contribution in [0, 0.1) is 5.92 Å². The van der Waals surface area contributed by atoms with Crippen LogP contribution in [0.1, 0.15) is 37.3 Å². The van der Waals surface area contributed by atoms with Crippen molar-refractivity contribution in [2.45, 2.75) is 37.3 Å². The highest BCUT2D eigenvalue weighted by Gasteiger charge is 2.35. The lowest BCUT2D eigenvalue weighted by Gasteiger charge is -2.35. The monoisotopic (exact) mass is 277 g/mol. The number of para-hydroxylation sites is 1. The van der Waals surface area contributed by atoms with Crippen LogP contribution in [-0.2, 0) is 0 Å². The fourth-order valence-electron chi connectivity index (χ4n) is 3.36. The Morgan fingerprint density at radius 1 is 1.25 bits per heavy atom. The van der Waals surface area contributed by atoms with Gasteiger partial charge in [0.2, 0.25) is 0 Å². The van der Waals surface area contributed by atoms with E-state index in [1.54, 1.807) is 0 Å². The van der Waals surface area contributed by atoms with E-state index >= 15 is 0 Å². The predicted molar refractivity (Wildman–Crippen MR) is 76.7 cm³/mol. The Morgan fingerprint density at radius 2 is 2.00 bits per heavy atom. The highest BCUT2D eigenvalue weighted by Crippen LogP contribution is 2.36. The van der Waals surface area contributed by atoms with Crippen molar-refractivity contribution >= 4 is 0 Å². The molecule has 4 heteroatoms. The molecule has 20 heavy (non-hydrogen) atoms. The smallest absolute Gasteiger partial charge is 0.124 e. The maximum Gasteiger partial charge on any atom is 0.124 e. The molecule has 1 aliphatic carbocycles. The molecule has 1 aromatic carbocycles. The lowest BCUT2D eigenvalue weighted by atomic mass is 9.90.